The van der Waals surface area contributed by atoms with Crippen molar-refractivity contribution in [3.05, 3.63) is 36.7 Å². The highest BCUT2D eigenvalue weighted by Gasteiger charge is 2.05. The summed E-state index contributed by atoms with van der Waals surface area (Å²) in [6.45, 7) is 0. The van der Waals surface area contributed by atoms with Crippen LogP contribution in [0.2, 0.25) is 0 Å². The van der Waals surface area contributed by atoms with E-state index in [9.17, 15) is 0 Å². The molecular weight excluding hydrogens is 188 g/mol. The Kier molecular flexibility index (Phi) is 2.37. The van der Waals surface area contributed by atoms with Gasteiger partial charge in [-0.3, -0.25) is 0 Å². The summed E-state index contributed by atoms with van der Waals surface area (Å²) in [7, 11) is 3.62. The Hall–Kier alpha value is -1.90. The average molecular weight is 202 g/mol. The zero-order valence-electron chi connectivity index (χ0n) is 8.90. The number of nitrogen functional groups attached to an aromatic ring is 1. The number of hydrogen-bond donors (Lipinski definition) is 1. The van der Waals surface area contributed by atoms with Gasteiger partial charge in [0.2, 0.25) is 0 Å². The van der Waals surface area contributed by atoms with Crippen LogP contribution in [0.4, 0.5) is 5.69 Å². The van der Waals surface area contributed by atoms with Crippen molar-refractivity contribution >= 4 is 5.69 Å². The number of anilines is 1. The topological polar surface area (TPSA) is 40.2 Å². The number of nitrogens with two attached hydrogens (primary N) is 1. The van der Waals surface area contributed by atoms with E-state index in [1.54, 1.807) is 7.11 Å². The molecule has 0 atom stereocenters. The SMILES string of the molecule is COc1cccc(-c2cn(C)cc2N)c1. The molecule has 1 aromatic carbocycles. The summed E-state index contributed by atoms with van der Waals surface area (Å²) in [6.07, 6.45) is 3.90. The molecule has 0 bridgehead atoms. The van der Waals surface area contributed by atoms with Gasteiger partial charge in [-0.05, 0) is 17.7 Å². The molecule has 2 N–H and O–H groups in total. The van der Waals surface area contributed by atoms with Gasteiger partial charge in [-0.25, -0.2) is 0 Å². The summed E-state index contributed by atoms with van der Waals surface area (Å²) >= 11 is 0. The zero-order chi connectivity index (χ0) is 10.8. The Balaban J connectivity index is 2.49. The molecule has 1 aromatic heterocycles. The molecule has 15 heavy (non-hydrogen) atoms. The second-order valence-electron chi connectivity index (χ2n) is 3.52. The first-order valence-corrected chi connectivity index (χ1v) is 4.76. The van der Waals surface area contributed by atoms with Crippen LogP contribution in [0.5, 0.6) is 5.75 Å². The fraction of sp³-hybridized carbons (Fsp3) is 0.167. The van der Waals surface area contributed by atoms with Gasteiger partial charge in [0.25, 0.3) is 0 Å². The molecule has 0 aliphatic carbocycles. The van der Waals surface area contributed by atoms with Crippen molar-refractivity contribution in [3.8, 4) is 16.9 Å². The lowest BCUT2D eigenvalue weighted by molar-refractivity contribution is 0.415. The van der Waals surface area contributed by atoms with Gasteiger partial charge in [0.15, 0.2) is 0 Å². The molecule has 2 aromatic rings. The van der Waals surface area contributed by atoms with Crippen LogP contribution < -0.4 is 10.5 Å². The Morgan fingerprint density at radius 3 is 2.67 bits per heavy atom. The van der Waals surface area contributed by atoms with Gasteiger partial charge >= 0.3 is 0 Å². The highest BCUT2D eigenvalue weighted by atomic mass is 16.5. The molecule has 0 amide bonds. The molecular formula is C12H14N2O. The van der Waals surface area contributed by atoms with Crippen LogP contribution in [0.25, 0.3) is 11.1 Å². The second kappa shape index (κ2) is 3.69. The normalized spacial score (nSPS) is 10.3. The second-order valence-corrected chi connectivity index (χ2v) is 3.52. The minimum atomic E-state index is 0.783. The van der Waals surface area contributed by atoms with E-state index in [4.69, 9.17) is 10.5 Å². The van der Waals surface area contributed by atoms with Crippen molar-refractivity contribution in [1.82, 2.24) is 4.57 Å². The van der Waals surface area contributed by atoms with E-state index in [-0.39, 0.29) is 0 Å². The summed E-state index contributed by atoms with van der Waals surface area (Å²) in [5.41, 5.74) is 8.80. The predicted octanol–water partition coefficient (Wildman–Crippen LogP) is 2.28. The third-order valence-corrected chi connectivity index (χ3v) is 2.37. The quantitative estimate of drug-likeness (QED) is 0.811. The van der Waals surface area contributed by atoms with E-state index in [2.05, 4.69) is 0 Å². The maximum Gasteiger partial charge on any atom is 0.119 e. The molecule has 0 unspecified atom stereocenters. The van der Waals surface area contributed by atoms with Crippen molar-refractivity contribution in [1.29, 1.82) is 0 Å². The molecule has 0 aliphatic rings. The number of methoxy groups -OCH3 is 1. The average Bonchev–Trinajstić information content (AvgIpc) is 2.58. The molecule has 0 fully saturated rings. The van der Waals surface area contributed by atoms with Gasteiger partial charge in [0.1, 0.15) is 5.75 Å². The standard InChI is InChI=1S/C12H14N2O/c1-14-7-11(12(13)8-14)9-4-3-5-10(6-9)15-2/h3-8H,13H2,1-2H3. The lowest BCUT2D eigenvalue weighted by Crippen LogP contribution is -1.86. The minimum Gasteiger partial charge on any atom is -0.497 e. The van der Waals surface area contributed by atoms with Crippen LogP contribution in [0.3, 0.4) is 0 Å². The maximum absolute atomic E-state index is 5.90. The first kappa shape index (κ1) is 9.65. The lowest BCUT2D eigenvalue weighted by atomic mass is 10.1. The number of nitrogens with zero attached hydrogens (tertiary/aromatic N) is 1. The number of rotatable bonds is 2. The molecule has 0 saturated carbocycles. The molecule has 0 aliphatic heterocycles. The number of hydrogen-bond acceptors (Lipinski definition) is 2. The number of benzene rings is 1. The first-order valence-electron chi connectivity index (χ1n) is 4.76. The Bertz CT molecular complexity index is 474. The number of aryl methyl sites for hydroxylation is 1. The first-order chi connectivity index (χ1) is 7.20. The maximum atomic E-state index is 5.90. The van der Waals surface area contributed by atoms with E-state index >= 15 is 0 Å². The van der Waals surface area contributed by atoms with Crippen LogP contribution in [-0.2, 0) is 7.05 Å². The largest absolute Gasteiger partial charge is 0.497 e. The number of ether oxygens (including phenoxy) is 1. The monoisotopic (exact) mass is 202 g/mol. The van der Waals surface area contributed by atoms with Gasteiger partial charge < -0.3 is 15.0 Å². The van der Waals surface area contributed by atoms with E-state index in [1.165, 1.54) is 0 Å². The third-order valence-electron chi connectivity index (χ3n) is 2.37. The molecule has 3 heteroatoms. The van der Waals surface area contributed by atoms with Crippen LogP contribution in [0.1, 0.15) is 0 Å². The Morgan fingerprint density at radius 2 is 2.07 bits per heavy atom. The van der Waals surface area contributed by atoms with E-state index in [0.717, 1.165) is 22.6 Å². The molecule has 0 spiro atoms. The molecule has 0 saturated heterocycles. The van der Waals surface area contributed by atoms with Gasteiger partial charge in [-0.2, -0.15) is 0 Å². The van der Waals surface area contributed by atoms with Crippen LogP contribution in [0.15, 0.2) is 36.7 Å². The smallest absolute Gasteiger partial charge is 0.119 e. The molecule has 2 rings (SSSR count). The Labute approximate surface area is 89.1 Å². The molecule has 3 nitrogen and oxygen atoms in total. The fourth-order valence-corrected chi connectivity index (χ4v) is 1.64. The highest BCUT2D eigenvalue weighted by molar-refractivity contribution is 5.76. The van der Waals surface area contributed by atoms with Crippen molar-refractivity contribution in [2.45, 2.75) is 0 Å². The molecule has 78 valence electrons. The van der Waals surface area contributed by atoms with Crippen molar-refractivity contribution in [2.24, 2.45) is 7.05 Å². The zero-order valence-corrected chi connectivity index (χ0v) is 8.90. The predicted molar refractivity (Wildman–Crippen MR) is 61.8 cm³/mol. The third kappa shape index (κ3) is 1.81. The summed E-state index contributed by atoms with van der Waals surface area (Å²) in [5, 5.41) is 0. The summed E-state index contributed by atoms with van der Waals surface area (Å²) in [5.74, 6) is 0.843. The van der Waals surface area contributed by atoms with Gasteiger partial charge in [0.05, 0.1) is 12.8 Å². The van der Waals surface area contributed by atoms with Crippen LogP contribution in [0, 0.1) is 0 Å². The molecule has 1 heterocycles. The van der Waals surface area contributed by atoms with Gasteiger partial charge in [-0.15, -0.1) is 0 Å². The van der Waals surface area contributed by atoms with E-state index in [1.807, 2.05) is 48.3 Å². The Morgan fingerprint density at radius 1 is 1.27 bits per heavy atom. The highest BCUT2D eigenvalue weighted by Crippen LogP contribution is 2.28. The summed E-state index contributed by atoms with van der Waals surface area (Å²) in [4.78, 5) is 0. The van der Waals surface area contributed by atoms with Crippen molar-refractivity contribution in [2.75, 3.05) is 12.8 Å². The summed E-state index contributed by atoms with van der Waals surface area (Å²) < 4.78 is 7.12. The van der Waals surface area contributed by atoms with E-state index < -0.39 is 0 Å². The van der Waals surface area contributed by atoms with Crippen LogP contribution in [-0.4, -0.2) is 11.7 Å². The lowest BCUT2D eigenvalue weighted by Gasteiger charge is -2.03. The van der Waals surface area contributed by atoms with Crippen molar-refractivity contribution in [3.63, 3.8) is 0 Å². The van der Waals surface area contributed by atoms with Gasteiger partial charge in [-0.1, -0.05) is 12.1 Å². The van der Waals surface area contributed by atoms with Crippen molar-refractivity contribution < 1.29 is 4.74 Å². The van der Waals surface area contributed by atoms with Crippen LogP contribution >= 0.6 is 0 Å². The summed E-state index contributed by atoms with van der Waals surface area (Å²) in [6, 6.07) is 7.88. The number of aromatic nitrogens is 1. The molecule has 0 radical (unpaired) electrons. The van der Waals surface area contributed by atoms with Gasteiger partial charge in [0, 0.05) is 25.0 Å². The fourth-order valence-electron chi connectivity index (χ4n) is 1.64. The minimum absolute atomic E-state index is 0.783. The van der Waals surface area contributed by atoms with E-state index in [0.29, 0.717) is 0 Å².